The van der Waals surface area contributed by atoms with Crippen LogP contribution in [-0.4, -0.2) is 6.54 Å². The van der Waals surface area contributed by atoms with Gasteiger partial charge in [0.1, 0.15) is 0 Å². The summed E-state index contributed by atoms with van der Waals surface area (Å²) in [4.78, 5) is 0. The van der Waals surface area contributed by atoms with E-state index in [9.17, 15) is 0 Å². The Labute approximate surface area is 68.2 Å². The highest BCUT2D eigenvalue weighted by atomic mass is 14.5. The van der Waals surface area contributed by atoms with Crippen molar-refractivity contribution in [3.63, 3.8) is 0 Å². The molecule has 1 aromatic rings. The number of benzene rings is 1. The van der Waals surface area contributed by atoms with Gasteiger partial charge in [-0.15, -0.1) is 0 Å². The van der Waals surface area contributed by atoms with Crippen LogP contribution in [-0.2, 0) is 0 Å². The average Bonchev–Trinajstić information content (AvgIpc) is 2.09. The molecule has 58 valence electrons. The van der Waals surface area contributed by atoms with Crippen LogP contribution in [0.25, 0.3) is 0 Å². The fourth-order valence-corrected chi connectivity index (χ4v) is 1.11. The van der Waals surface area contributed by atoms with Crippen LogP contribution in [0.1, 0.15) is 17.9 Å². The molecule has 0 bridgehead atoms. The van der Waals surface area contributed by atoms with Gasteiger partial charge in [0.2, 0.25) is 0 Å². The van der Waals surface area contributed by atoms with E-state index in [1.54, 1.807) is 0 Å². The Kier molecular flexibility index (Phi) is 3.12. The smallest absolute Gasteiger partial charge is 0.0169 e. The molecule has 1 rings (SSSR count). The SMILES string of the molecule is [CH2]CC(C[NH])c1ccccc1. The van der Waals surface area contributed by atoms with Crippen molar-refractivity contribution in [1.29, 1.82) is 0 Å². The van der Waals surface area contributed by atoms with Crippen molar-refractivity contribution in [2.24, 2.45) is 0 Å². The van der Waals surface area contributed by atoms with Crippen LogP contribution >= 0.6 is 0 Å². The standard InChI is InChI=1S/C10H13N/c1-2-9(8-11)10-6-4-3-5-7-10/h3-7,9,11H,1-2,8H2. The molecular formula is C10H13N. The van der Waals surface area contributed by atoms with Gasteiger partial charge in [-0.25, -0.2) is 0 Å². The Morgan fingerprint density at radius 1 is 1.27 bits per heavy atom. The first kappa shape index (κ1) is 8.28. The molecule has 0 aliphatic heterocycles. The van der Waals surface area contributed by atoms with Gasteiger partial charge in [-0.1, -0.05) is 37.3 Å². The number of hydrogen-bond acceptors (Lipinski definition) is 0. The predicted octanol–water partition coefficient (Wildman–Crippen LogP) is 2.28. The Morgan fingerprint density at radius 3 is 2.36 bits per heavy atom. The van der Waals surface area contributed by atoms with Crippen LogP contribution in [0.5, 0.6) is 0 Å². The third-order valence-electron chi connectivity index (χ3n) is 1.87. The minimum atomic E-state index is 0.316. The van der Waals surface area contributed by atoms with Crippen molar-refractivity contribution in [2.75, 3.05) is 6.54 Å². The second-order valence-electron chi connectivity index (χ2n) is 2.60. The molecular weight excluding hydrogens is 134 g/mol. The molecule has 0 amide bonds. The van der Waals surface area contributed by atoms with Gasteiger partial charge in [0, 0.05) is 6.54 Å². The minimum absolute atomic E-state index is 0.316. The van der Waals surface area contributed by atoms with Crippen LogP contribution in [0.4, 0.5) is 0 Å². The van der Waals surface area contributed by atoms with Crippen molar-refractivity contribution < 1.29 is 0 Å². The van der Waals surface area contributed by atoms with Crippen molar-refractivity contribution in [2.45, 2.75) is 12.3 Å². The van der Waals surface area contributed by atoms with Crippen LogP contribution < -0.4 is 5.73 Å². The summed E-state index contributed by atoms with van der Waals surface area (Å²) in [7, 11) is 0. The number of rotatable bonds is 3. The molecule has 0 heterocycles. The lowest BCUT2D eigenvalue weighted by atomic mass is 9.97. The average molecular weight is 147 g/mol. The molecule has 1 unspecified atom stereocenters. The molecule has 11 heavy (non-hydrogen) atoms. The highest BCUT2D eigenvalue weighted by Crippen LogP contribution is 2.16. The summed E-state index contributed by atoms with van der Waals surface area (Å²) in [5.41, 5.74) is 8.49. The maximum atomic E-state index is 7.26. The number of hydrogen-bond donors (Lipinski definition) is 0. The van der Waals surface area contributed by atoms with E-state index >= 15 is 0 Å². The summed E-state index contributed by atoms with van der Waals surface area (Å²) < 4.78 is 0. The lowest BCUT2D eigenvalue weighted by molar-refractivity contribution is 0.697. The minimum Gasteiger partial charge on any atom is -0.257 e. The van der Waals surface area contributed by atoms with E-state index in [0.717, 1.165) is 6.42 Å². The van der Waals surface area contributed by atoms with E-state index in [1.165, 1.54) is 5.56 Å². The van der Waals surface area contributed by atoms with Crippen molar-refractivity contribution in [1.82, 2.24) is 5.73 Å². The molecule has 1 nitrogen and oxygen atoms in total. The lowest BCUT2D eigenvalue weighted by Crippen LogP contribution is -2.03. The maximum Gasteiger partial charge on any atom is 0.0169 e. The van der Waals surface area contributed by atoms with Crippen LogP contribution in [0.3, 0.4) is 0 Å². The van der Waals surface area contributed by atoms with E-state index in [0.29, 0.717) is 12.5 Å². The van der Waals surface area contributed by atoms with Gasteiger partial charge >= 0.3 is 0 Å². The van der Waals surface area contributed by atoms with Gasteiger partial charge in [0.15, 0.2) is 0 Å². The van der Waals surface area contributed by atoms with Gasteiger partial charge in [-0.05, 0) is 17.9 Å². The first-order valence-electron chi connectivity index (χ1n) is 3.87. The molecule has 0 saturated heterocycles. The van der Waals surface area contributed by atoms with Crippen molar-refractivity contribution >= 4 is 0 Å². The molecule has 1 heteroatoms. The zero-order chi connectivity index (χ0) is 8.10. The van der Waals surface area contributed by atoms with E-state index in [4.69, 9.17) is 5.73 Å². The fraction of sp³-hybridized carbons (Fsp3) is 0.300. The summed E-state index contributed by atoms with van der Waals surface area (Å²) in [6.07, 6.45) is 0.813. The molecule has 0 spiro atoms. The summed E-state index contributed by atoms with van der Waals surface area (Å²) >= 11 is 0. The second kappa shape index (κ2) is 4.14. The molecule has 1 aromatic carbocycles. The molecule has 1 N–H and O–H groups in total. The van der Waals surface area contributed by atoms with E-state index in [2.05, 4.69) is 19.1 Å². The zero-order valence-corrected chi connectivity index (χ0v) is 6.59. The molecule has 0 aliphatic carbocycles. The second-order valence-corrected chi connectivity index (χ2v) is 2.60. The Hall–Kier alpha value is -0.820. The van der Waals surface area contributed by atoms with Gasteiger partial charge in [-0.3, -0.25) is 5.73 Å². The van der Waals surface area contributed by atoms with Crippen LogP contribution in [0, 0.1) is 6.92 Å². The van der Waals surface area contributed by atoms with Gasteiger partial charge in [-0.2, -0.15) is 0 Å². The third-order valence-corrected chi connectivity index (χ3v) is 1.87. The highest BCUT2D eigenvalue weighted by Gasteiger charge is 2.04. The predicted molar refractivity (Wildman–Crippen MR) is 47.1 cm³/mol. The van der Waals surface area contributed by atoms with Crippen molar-refractivity contribution in [3.8, 4) is 0 Å². The monoisotopic (exact) mass is 147 g/mol. The maximum absolute atomic E-state index is 7.26. The molecule has 0 aliphatic rings. The molecule has 0 aromatic heterocycles. The van der Waals surface area contributed by atoms with Crippen molar-refractivity contribution in [3.05, 3.63) is 42.8 Å². The topological polar surface area (TPSA) is 23.8 Å². The molecule has 1 atom stereocenters. The summed E-state index contributed by atoms with van der Waals surface area (Å²) in [5.74, 6) is 0.316. The normalized spacial score (nSPS) is 12.9. The Bertz CT molecular complexity index is 189. The first-order chi connectivity index (χ1) is 5.38. The Morgan fingerprint density at radius 2 is 1.91 bits per heavy atom. The fourth-order valence-electron chi connectivity index (χ4n) is 1.11. The quantitative estimate of drug-likeness (QED) is 0.626. The number of nitrogens with one attached hydrogen (secondary N) is 1. The Balaban J connectivity index is 2.74. The molecule has 0 saturated carbocycles. The third kappa shape index (κ3) is 2.05. The summed E-state index contributed by atoms with van der Waals surface area (Å²) in [5, 5.41) is 0. The van der Waals surface area contributed by atoms with Crippen LogP contribution in [0.15, 0.2) is 30.3 Å². The zero-order valence-electron chi connectivity index (χ0n) is 6.59. The first-order valence-corrected chi connectivity index (χ1v) is 3.87. The molecule has 0 fully saturated rings. The largest absolute Gasteiger partial charge is 0.257 e. The lowest BCUT2D eigenvalue weighted by Gasteiger charge is -2.10. The van der Waals surface area contributed by atoms with Gasteiger partial charge in [0.25, 0.3) is 0 Å². The van der Waals surface area contributed by atoms with Crippen LogP contribution in [0.2, 0.25) is 0 Å². The van der Waals surface area contributed by atoms with Gasteiger partial charge < -0.3 is 0 Å². The molecule has 2 radical (unpaired) electrons. The highest BCUT2D eigenvalue weighted by molar-refractivity contribution is 5.19. The summed E-state index contributed by atoms with van der Waals surface area (Å²) in [6.45, 7) is 4.25. The summed E-state index contributed by atoms with van der Waals surface area (Å²) in [6, 6.07) is 10.1. The van der Waals surface area contributed by atoms with E-state index < -0.39 is 0 Å². The van der Waals surface area contributed by atoms with E-state index in [-0.39, 0.29) is 0 Å². The van der Waals surface area contributed by atoms with Gasteiger partial charge in [0.05, 0.1) is 0 Å². The van der Waals surface area contributed by atoms with E-state index in [1.807, 2.05) is 18.2 Å².